The van der Waals surface area contributed by atoms with Gasteiger partial charge in [0.15, 0.2) is 5.76 Å². The zero-order chi connectivity index (χ0) is 14.6. The van der Waals surface area contributed by atoms with E-state index in [2.05, 4.69) is 4.74 Å². The average Bonchev–Trinajstić information content (AvgIpc) is 2.24. The molecule has 0 aliphatic carbocycles. The Balaban J connectivity index is 3.08. The second kappa shape index (κ2) is 5.97. The average molecular weight is 294 g/mol. The van der Waals surface area contributed by atoms with Crippen LogP contribution in [-0.4, -0.2) is 31.1 Å². The van der Waals surface area contributed by atoms with Gasteiger partial charge in [-0.15, -0.1) is 13.2 Å². The van der Waals surface area contributed by atoms with Gasteiger partial charge in [0.1, 0.15) is 0 Å². The molecule has 104 valence electrons. The Morgan fingerprint density at radius 1 is 1.37 bits per heavy atom. The van der Waals surface area contributed by atoms with Gasteiger partial charge in [-0.3, -0.25) is 4.79 Å². The lowest BCUT2D eigenvalue weighted by Gasteiger charge is -2.14. The van der Waals surface area contributed by atoms with Gasteiger partial charge in [-0.05, 0) is 12.1 Å². The standard InChI is InChI=1S/C12H11ClF3NO2/c1-17(2)7-10(19-12(14,15)16)11(18)8-4-3-5-9(13)6-8/h3-7H,1-2H3. The fourth-order valence-corrected chi connectivity index (χ4v) is 1.45. The van der Waals surface area contributed by atoms with Gasteiger partial charge >= 0.3 is 6.36 Å². The number of Topliss-reactive ketones (excluding diaryl/α,β-unsaturated/α-hetero) is 1. The van der Waals surface area contributed by atoms with E-state index in [0.717, 1.165) is 6.20 Å². The van der Waals surface area contributed by atoms with Crippen molar-refractivity contribution in [3.63, 3.8) is 0 Å². The Kier molecular flexibility index (Phi) is 4.83. The highest BCUT2D eigenvalue weighted by atomic mass is 35.5. The van der Waals surface area contributed by atoms with Crippen molar-refractivity contribution >= 4 is 17.4 Å². The second-order valence-electron chi connectivity index (χ2n) is 3.84. The van der Waals surface area contributed by atoms with E-state index in [1.165, 1.54) is 43.3 Å². The van der Waals surface area contributed by atoms with E-state index < -0.39 is 17.9 Å². The maximum Gasteiger partial charge on any atom is 0.573 e. The van der Waals surface area contributed by atoms with Crippen LogP contribution in [0.3, 0.4) is 0 Å². The van der Waals surface area contributed by atoms with Gasteiger partial charge in [0.25, 0.3) is 0 Å². The molecule has 0 saturated carbocycles. The summed E-state index contributed by atoms with van der Waals surface area (Å²) in [5.41, 5.74) is 0.0184. The van der Waals surface area contributed by atoms with Crippen LogP contribution in [0.1, 0.15) is 10.4 Å². The Morgan fingerprint density at radius 2 is 2.00 bits per heavy atom. The van der Waals surface area contributed by atoms with E-state index >= 15 is 0 Å². The van der Waals surface area contributed by atoms with Crippen molar-refractivity contribution in [1.29, 1.82) is 0 Å². The van der Waals surface area contributed by atoms with Crippen molar-refractivity contribution < 1.29 is 22.7 Å². The van der Waals surface area contributed by atoms with Gasteiger partial charge in [0.05, 0.1) is 0 Å². The molecular formula is C12H11ClF3NO2. The van der Waals surface area contributed by atoms with Gasteiger partial charge < -0.3 is 9.64 Å². The lowest BCUT2D eigenvalue weighted by atomic mass is 10.1. The lowest BCUT2D eigenvalue weighted by molar-refractivity contribution is -0.303. The van der Waals surface area contributed by atoms with Crippen molar-refractivity contribution in [3.8, 4) is 0 Å². The molecule has 0 atom stereocenters. The molecular weight excluding hydrogens is 283 g/mol. The number of alkyl halides is 3. The van der Waals surface area contributed by atoms with Gasteiger partial charge in [0.2, 0.25) is 5.78 Å². The molecule has 0 aliphatic heterocycles. The quantitative estimate of drug-likeness (QED) is 0.484. The molecule has 0 bridgehead atoms. The van der Waals surface area contributed by atoms with Crippen molar-refractivity contribution in [2.45, 2.75) is 6.36 Å². The highest BCUT2D eigenvalue weighted by Gasteiger charge is 2.34. The number of ether oxygens (including phenoxy) is 1. The summed E-state index contributed by atoms with van der Waals surface area (Å²) in [5, 5.41) is 0.252. The number of hydrogen-bond donors (Lipinski definition) is 0. The molecule has 0 radical (unpaired) electrons. The summed E-state index contributed by atoms with van der Waals surface area (Å²) < 4.78 is 40.5. The van der Waals surface area contributed by atoms with Crippen LogP contribution in [0.15, 0.2) is 36.2 Å². The van der Waals surface area contributed by atoms with E-state index in [1.54, 1.807) is 0 Å². The predicted molar refractivity (Wildman–Crippen MR) is 64.7 cm³/mol. The molecule has 0 unspecified atom stereocenters. The van der Waals surface area contributed by atoms with Crippen molar-refractivity contribution in [2.75, 3.05) is 14.1 Å². The summed E-state index contributed by atoms with van der Waals surface area (Å²) in [4.78, 5) is 13.2. The minimum atomic E-state index is -4.93. The first kappa shape index (κ1) is 15.4. The number of halogens is 4. The first-order chi connectivity index (χ1) is 8.69. The summed E-state index contributed by atoms with van der Waals surface area (Å²) >= 11 is 5.69. The molecule has 0 aliphatic rings. The first-order valence-electron chi connectivity index (χ1n) is 5.13. The van der Waals surface area contributed by atoms with Gasteiger partial charge in [-0.2, -0.15) is 0 Å². The van der Waals surface area contributed by atoms with E-state index in [0.29, 0.717) is 0 Å². The third-order valence-electron chi connectivity index (χ3n) is 1.91. The van der Waals surface area contributed by atoms with Crippen LogP contribution < -0.4 is 0 Å². The molecule has 0 aromatic heterocycles. The van der Waals surface area contributed by atoms with Crippen molar-refractivity contribution in [1.82, 2.24) is 4.90 Å². The smallest absolute Gasteiger partial charge is 0.400 e. The SMILES string of the molecule is CN(C)C=C(OC(F)(F)F)C(=O)c1cccc(Cl)c1. The third-order valence-corrected chi connectivity index (χ3v) is 2.15. The number of nitrogens with zero attached hydrogens (tertiary/aromatic N) is 1. The Morgan fingerprint density at radius 3 is 2.47 bits per heavy atom. The maximum absolute atomic E-state index is 12.3. The summed E-state index contributed by atoms with van der Waals surface area (Å²) in [6.07, 6.45) is -3.98. The van der Waals surface area contributed by atoms with Gasteiger partial charge in [-0.1, -0.05) is 23.7 Å². The van der Waals surface area contributed by atoms with E-state index in [-0.39, 0.29) is 10.6 Å². The Bertz CT molecular complexity index is 498. The molecule has 0 amide bonds. The fourth-order valence-electron chi connectivity index (χ4n) is 1.26. The number of carbonyl (C=O) groups is 1. The van der Waals surface area contributed by atoms with E-state index in [4.69, 9.17) is 11.6 Å². The normalized spacial score (nSPS) is 12.2. The molecule has 1 aromatic carbocycles. The van der Waals surface area contributed by atoms with Crippen LogP contribution in [0.25, 0.3) is 0 Å². The van der Waals surface area contributed by atoms with Gasteiger partial charge in [0, 0.05) is 30.9 Å². The fraction of sp³-hybridized carbons (Fsp3) is 0.250. The number of benzene rings is 1. The van der Waals surface area contributed by atoms with Crippen LogP contribution in [0.5, 0.6) is 0 Å². The molecule has 0 saturated heterocycles. The monoisotopic (exact) mass is 293 g/mol. The largest absolute Gasteiger partial charge is 0.573 e. The molecule has 0 N–H and O–H groups in total. The Hall–Kier alpha value is -1.69. The minimum Gasteiger partial charge on any atom is -0.400 e. The molecule has 0 fully saturated rings. The molecule has 1 rings (SSSR count). The summed E-state index contributed by atoms with van der Waals surface area (Å²) in [5.74, 6) is -1.71. The molecule has 1 aromatic rings. The minimum absolute atomic E-state index is 0.0184. The van der Waals surface area contributed by atoms with Crippen LogP contribution in [-0.2, 0) is 4.74 Å². The number of allylic oxidation sites excluding steroid dienone is 1. The van der Waals surface area contributed by atoms with Crippen molar-refractivity contribution in [2.24, 2.45) is 0 Å². The second-order valence-corrected chi connectivity index (χ2v) is 4.28. The zero-order valence-corrected chi connectivity index (χ0v) is 10.9. The lowest BCUT2D eigenvalue weighted by Crippen LogP contribution is -2.20. The number of hydrogen-bond acceptors (Lipinski definition) is 3. The molecule has 19 heavy (non-hydrogen) atoms. The van der Waals surface area contributed by atoms with Crippen LogP contribution >= 0.6 is 11.6 Å². The maximum atomic E-state index is 12.3. The van der Waals surface area contributed by atoms with Gasteiger partial charge in [-0.25, -0.2) is 0 Å². The molecule has 0 heterocycles. The number of carbonyl (C=O) groups excluding carboxylic acids is 1. The van der Waals surface area contributed by atoms with Crippen molar-refractivity contribution in [3.05, 3.63) is 46.8 Å². The highest BCUT2D eigenvalue weighted by Crippen LogP contribution is 2.24. The van der Waals surface area contributed by atoms with Crippen LogP contribution in [0, 0.1) is 0 Å². The summed E-state index contributed by atoms with van der Waals surface area (Å²) in [6, 6.07) is 5.61. The molecule has 7 heteroatoms. The topological polar surface area (TPSA) is 29.5 Å². The van der Waals surface area contributed by atoms with Crippen LogP contribution in [0.4, 0.5) is 13.2 Å². The van der Waals surface area contributed by atoms with E-state index in [9.17, 15) is 18.0 Å². The number of ketones is 1. The zero-order valence-electron chi connectivity index (χ0n) is 10.2. The van der Waals surface area contributed by atoms with E-state index in [1.807, 2.05) is 0 Å². The summed E-state index contributed by atoms with van der Waals surface area (Å²) in [6.45, 7) is 0. The first-order valence-corrected chi connectivity index (χ1v) is 5.51. The van der Waals surface area contributed by atoms with Crippen LogP contribution in [0.2, 0.25) is 5.02 Å². The molecule has 0 spiro atoms. The Labute approximate surface area is 113 Å². The molecule has 3 nitrogen and oxygen atoms in total. The predicted octanol–water partition coefficient (Wildman–Crippen LogP) is 3.46. The third kappa shape index (κ3) is 5.21. The number of rotatable bonds is 4. The summed E-state index contributed by atoms with van der Waals surface area (Å²) in [7, 11) is 2.95. The highest BCUT2D eigenvalue weighted by molar-refractivity contribution is 6.31.